The molecule has 3 heteroatoms. The van der Waals surface area contributed by atoms with E-state index in [-0.39, 0.29) is 17.4 Å². The zero-order chi connectivity index (χ0) is 14.6. The van der Waals surface area contributed by atoms with Crippen molar-refractivity contribution in [2.75, 3.05) is 6.61 Å². The Bertz CT molecular complexity index is 447. The minimum Gasteiger partial charge on any atom is -0.494 e. The highest BCUT2D eigenvalue weighted by Crippen LogP contribution is 2.21. The summed E-state index contributed by atoms with van der Waals surface area (Å²) in [5.74, 6) is 0.802. The number of carbonyl (C=O) groups is 1. The maximum Gasteiger partial charge on any atom is 0.251 e. The molecule has 1 aromatic rings. The van der Waals surface area contributed by atoms with Crippen molar-refractivity contribution in [1.29, 1.82) is 0 Å². The molecule has 0 fully saturated rings. The highest BCUT2D eigenvalue weighted by atomic mass is 16.5. The van der Waals surface area contributed by atoms with Crippen molar-refractivity contribution in [1.82, 2.24) is 5.32 Å². The molecule has 106 valence electrons. The van der Waals surface area contributed by atoms with E-state index in [0.29, 0.717) is 12.2 Å². The van der Waals surface area contributed by atoms with Gasteiger partial charge in [0, 0.05) is 11.6 Å². The van der Waals surface area contributed by atoms with E-state index in [1.54, 1.807) is 0 Å². The highest BCUT2D eigenvalue weighted by molar-refractivity contribution is 5.94. The van der Waals surface area contributed by atoms with Crippen LogP contribution in [0.3, 0.4) is 0 Å². The topological polar surface area (TPSA) is 38.3 Å². The van der Waals surface area contributed by atoms with Gasteiger partial charge in [-0.2, -0.15) is 0 Å². The summed E-state index contributed by atoms with van der Waals surface area (Å²) >= 11 is 0. The lowest BCUT2D eigenvalue weighted by Gasteiger charge is -2.28. The lowest BCUT2D eigenvalue weighted by molar-refractivity contribution is 0.0910. The van der Waals surface area contributed by atoms with Crippen LogP contribution in [0.1, 0.15) is 50.5 Å². The van der Waals surface area contributed by atoms with Gasteiger partial charge in [0.05, 0.1) is 6.61 Å². The Hall–Kier alpha value is -1.51. The van der Waals surface area contributed by atoms with Crippen molar-refractivity contribution in [3.63, 3.8) is 0 Å². The Balaban J connectivity index is 2.81. The summed E-state index contributed by atoms with van der Waals surface area (Å²) in [7, 11) is 0. The van der Waals surface area contributed by atoms with Crippen LogP contribution in [0.25, 0.3) is 0 Å². The Labute approximate surface area is 116 Å². The lowest BCUT2D eigenvalue weighted by atomic mass is 9.88. The van der Waals surface area contributed by atoms with E-state index in [9.17, 15) is 4.79 Å². The molecule has 0 heterocycles. The van der Waals surface area contributed by atoms with Crippen LogP contribution in [0.4, 0.5) is 0 Å². The Morgan fingerprint density at radius 2 is 2.00 bits per heavy atom. The number of hydrogen-bond acceptors (Lipinski definition) is 2. The van der Waals surface area contributed by atoms with Gasteiger partial charge in [-0.1, -0.05) is 20.8 Å². The quantitative estimate of drug-likeness (QED) is 0.902. The third kappa shape index (κ3) is 4.27. The van der Waals surface area contributed by atoms with Crippen molar-refractivity contribution in [3.8, 4) is 5.75 Å². The van der Waals surface area contributed by atoms with Gasteiger partial charge in [0.1, 0.15) is 5.75 Å². The molecule has 0 bridgehead atoms. The van der Waals surface area contributed by atoms with E-state index >= 15 is 0 Å². The number of amides is 1. The van der Waals surface area contributed by atoms with E-state index in [2.05, 4.69) is 26.1 Å². The molecule has 0 saturated carbocycles. The Morgan fingerprint density at radius 1 is 1.37 bits per heavy atom. The van der Waals surface area contributed by atoms with E-state index in [0.717, 1.165) is 11.3 Å². The fourth-order valence-corrected chi connectivity index (χ4v) is 1.60. The second-order valence-electron chi connectivity index (χ2n) is 5.97. The van der Waals surface area contributed by atoms with Crippen molar-refractivity contribution in [3.05, 3.63) is 29.3 Å². The summed E-state index contributed by atoms with van der Waals surface area (Å²) in [4.78, 5) is 12.2. The van der Waals surface area contributed by atoms with Crippen LogP contribution in [0, 0.1) is 12.3 Å². The van der Waals surface area contributed by atoms with Gasteiger partial charge in [-0.15, -0.1) is 0 Å². The van der Waals surface area contributed by atoms with Gasteiger partial charge in [0.2, 0.25) is 0 Å². The first-order valence-electron chi connectivity index (χ1n) is 6.80. The maximum atomic E-state index is 12.2. The predicted octanol–water partition coefficient (Wildman–Crippen LogP) is 3.56. The average molecular weight is 263 g/mol. The predicted molar refractivity (Wildman–Crippen MR) is 78.7 cm³/mol. The third-order valence-corrected chi connectivity index (χ3v) is 3.38. The first-order chi connectivity index (χ1) is 8.75. The average Bonchev–Trinajstić information content (AvgIpc) is 2.30. The molecule has 0 aliphatic carbocycles. The second kappa shape index (κ2) is 6.09. The van der Waals surface area contributed by atoms with Gasteiger partial charge in [0.15, 0.2) is 0 Å². The Kier molecular flexibility index (Phi) is 4.98. The van der Waals surface area contributed by atoms with Crippen molar-refractivity contribution in [2.24, 2.45) is 5.41 Å². The molecule has 3 nitrogen and oxygen atoms in total. The zero-order valence-corrected chi connectivity index (χ0v) is 12.8. The molecule has 0 radical (unpaired) electrons. The number of aryl methyl sites for hydroxylation is 1. The zero-order valence-electron chi connectivity index (χ0n) is 12.8. The summed E-state index contributed by atoms with van der Waals surface area (Å²) in [6.07, 6.45) is 0. The van der Waals surface area contributed by atoms with E-state index in [1.807, 2.05) is 39.0 Å². The molecule has 1 rings (SSSR count). The molecular formula is C16H25NO2. The first-order valence-corrected chi connectivity index (χ1v) is 6.80. The molecule has 0 aromatic heterocycles. The van der Waals surface area contributed by atoms with Gasteiger partial charge in [0.25, 0.3) is 5.91 Å². The first kappa shape index (κ1) is 15.5. The fourth-order valence-electron chi connectivity index (χ4n) is 1.60. The van der Waals surface area contributed by atoms with Crippen molar-refractivity contribution < 1.29 is 9.53 Å². The van der Waals surface area contributed by atoms with E-state index in [4.69, 9.17) is 4.74 Å². The molecule has 1 amide bonds. The number of ether oxygens (including phenoxy) is 1. The van der Waals surface area contributed by atoms with Crippen LogP contribution in [-0.4, -0.2) is 18.6 Å². The smallest absolute Gasteiger partial charge is 0.251 e. The molecule has 1 aromatic carbocycles. The van der Waals surface area contributed by atoms with Crippen LogP contribution in [0.5, 0.6) is 5.75 Å². The Morgan fingerprint density at radius 3 is 2.47 bits per heavy atom. The molecule has 19 heavy (non-hydrogen) atoms. The van der Waals surface area contributed by atoms with Gasteiger partial charge in [-0.25, -0.2) is 0 Å². The summed E-state index contributed by atoms with van der Waals surface area (Å²) in [5.41, 5.74) is 1.71. The summed E-state index contributed by atoms with van der Waals surface area (Å²) < 4.78 is 5.48. The van der Waals surface area contributed by atoms with Gasteiger partial charge < -0.3 is 10.1 Å². The molecule has 1 unspecified atom stereocenters. The number of hydrogen-bond donors (Lipinski definition) is 1. The van der Waals surface area contributed by atoms with Crippen molar-refractivity contribution in [2.45, 2.75) is 47.6 Å². The molecule has 1 atom stereocenters. The van der Waals surface area contributed by atoms with Crippen LogP contribution in [0.15, 0.2) is 18.2 Å². The summed E-state index contributed by atoms with van der Waals surface area (Å²) in [6.45, 7) is 12.9. The number of carbonyl (C=O) groups excluding carboxylic acids is 1. The number of rotatable bonds is 4. The maximum absolute atomic E-state index is 12.2. The third-order valence-electron chi connectivity index (χ3n) is 3.38. The summed E-state index contributed by atoms with van der Waals surface area (Å²) in [6, 6.07) is 5.65. The minimum atomic E-state index is -0.0337. The minimum absolute atomic E-state index is 0.0337. The van der Waals surface area contributed by atoms with E-state index < -0.39 is 0 Å². The summed E-state index contributed by atoms with van der Waals surface area (Å²) in [5, 5.41) is 3.04. The van der Waals surface area contributed by atoms with Crippen LogP contribution >= 0.6 is 0 Å². The normalized spacial score (nSPS) is 12.9. The van der Waals surface area contributed by atoms with Gasteiger partial charge in [-0.05, 0) is 49.9 Å². The van der Waals surface area contributed by atoms with E-state index in [1.165, 1.54) is 0 Å². The second-order valence-corrected chi connectivity index (χ2v) is 5.97. The van der Waals surface area contributed by atoms with Crippen molar-refractivity contribution >= 4 is 5.91 Å². The standard InChI is InChI=1S/C16H25NO2/c1-7-19-14-9-8-13(10-11(14)2)15(18)17-12(3)16(4,5)6/h8-10,12H,7H2,1-6H3,(H,17,18). The van der Waals surface area contributed by atoms with Gasteiger partial charge >= 0.3 is 0 Å². The molecule has 0 aliphatic heterocycles. The largest absolute Gasteiger partial charge is 0.494 e. The molecule has 0 aliphatic rings. The lowest BCUT2D eigenvalue weighted by Crippen LogP contribution is -2.41. The van der Waals surface area contributed by atoms with Crippen LogP contribution < -0.4 is 10.1 Å². The molecule has 1 N–H and O–H groups in total. The SMILES string of the molecule is CCOc1ccc(C(=O)NC(C)C(C)(C)C)cc1C. The monoisotopic (exact) mass is 263 g/mol. The molecule has 0 saturated heterocycles. The number of nitrogens with one attached hydrogen (secondary N) is 1. The van der Waals surface area contributed by atoms with Gasteiger partial charge in [-0.3, -0.25) is 4.79 Å². The van der Waals surface area contributed by atoms with Crippen LogP contribution in [-0.2, 0) is 0 Å². The fraction of sp³-hybridized carbons (Fsp3) is 0.562. The van der Waals surface area contributed by atoms with Crippen LogP contribution in [0.2, 0.25) is 0 Å². The molecular weight excluding hydrogens is 238 g/mol. The highest BCUT2D eigenvalue weighted by Gasteiger charge is 2.22. The number of benzene rings is 1. The molecule has 0 spiro atoms.